The first-order valence-corrected chi connectivity index (χ1v) is 45.1. The molecule has 5 heterocycles. The standard InChI is InChI=1S/C72H100N12O26P2S4/c1-8-62(107-47(3)42-105-91)81(46-104-75)41-49(73)23-19-34-76-60(85)26-15-11-17-33-77-69(90)54(44-114-113-37-21-28-63(87)103-36-20-22-48-40-84(68-64(48)67(74)78-45-79-68)70-66(89)65(88)57(108-70)43-106-109-112(95,96)110-111(92,93)94)80-61(86)27-16-12-18-35-83-56-32-30-51(116(100,101)102)39-53(56)72(6,7)59(83)25-14-10-13-24-58-71(4,5)52-38-50(115(97,98)99)29-31-55(52)82(58)9-2/h10,13-14,24-25,29-32,38-41,45,47,54,57,62,65-66,70,88-89H,8-9,11-12,15-18,21,26-28,33-37,42-44,46,73,75H2,1-7H3,(H10-,74,76,77,78,79,80,85,86,90,91,92,93,94,95,96,97,98,99,100,101,102)/p+1/b49-41-. The first kappa shape index (κ1) is 95.5. The minimum absolute atomic E-state index is 0.00612. The highest BCUT2D eigenvalue weighted by Gasteiger charge is 2.47. The van der Waals surface area contributed by atoms with Gasteiger partial charge in [-0.1, -0.05) is 91.2 Å². The largest absolute Gasteiger partial charge is 0.508 e. The van der Waals surface area contributed by atoms with Gasteiger partial charge in [-0.05, 0) is 114 Å². The summed E-state index contributed by atoms with van der Waals surface area (Å²) < 4.78 is 120. The SMILES string of the molecule is CCC(OC(C)COO)N(/C=C(\N)C#CCNC(=O)CCCCCNC(=O)C(CSSCCCC(=O)OCC#Cc1cn(C2OC(COOP(=O)(O)OP(=O)(O)O)C(O)C2O)c2ncnc(N)c12)NC(=O)CCCCCN1/C(=C/C=C/C=C/C2=[N+](CC)c3ccc(S(=O)(=O)O)cc3C2(C)C)C(C)(C)c2cc(S(=O)(=O)O)ccc21)CON. The third kappa shape index (κ3) is 27.4. The van der Waals surface area contributed by atoms with Gasteiger partial charge >= 0.3 is 21.6 Å². The summed E-state index contributed by atoms with van der Waals surface area (Å²) in [7, 11) is -17.2. The summed E-state index contributed by atoms with van der Waals surface area (Å²) in [5.74, 6) is 15.3. The average molecular weight is 1740 g/mol. The fourth-order valence-corrected chi connectivity index (χ4v) is 17.6. The van der Waals surface area contributed by atoms with Gasteiger partial charge in [0.15, 0.2) is 18.5 Å². The predicted octanol–water partition coefficient (Wildman–Crippen LogP) is 5.65. The Kier molecular flexibility index (Phi) is 36.1. The normalized spacial score (nSPS) is 18.9. The number of carbonyl (C=O) groups excluding carboxylic acids is 4. The second kappa shape index (κ2) is 43.8. The second-order valence-electron chi connectivity index (χ2n) is 27.8. The van der Waals surface area contributed by atoms with Crippen molar-refractivity contribution in [1.82, 2.24) is 35.4 Å². The number of hydrogen-bond donors (Lipinski definition) is 14. The van der Waals surface area contributed by atoms with E-state index in [0.717, 1.165) is 34.7 Å². The summed E-state index contributed by atoms with van der Waals surface area (Å²) >= 11 is 0. The van der Waals surface area contributed by atoms with Crippen LogP contribution in [0.5, 0.6) is 0 Å². The molecule has 1 fully saturated rings. The molecular weight excluding hydrogens is 1640 g/mol. The van der Waals surface area contributed by atoms with Crippen molar-refractivity contribution in [3.63, 3.8) is 0 Å². The highest BCUT2D eigenvalue weighted by molar-refractivity contribution is 8.76. The maximum atomic E-state index is 13.9. The van der Waals surface area contributed by atoms with Gasteiger partial charge in [0.2, 0.25) is 23.4 Å². The molecule has 2 aromatic heterocycles. The molecule has 0 saturated carbocycles. The first-order chi connectivity index (χ1) is 54.8. The fraction of sp³-hybridized carbons (Fsp3) is 0.514. The van der Waals surface area contributed by atoms with Gasteiger partial charge in [-0.25, -0.2) is 34.8 Å². The topological polar surface area (TPSA) is 561 Å². The summed E-state index contributed by atoms with van der Waals surface area (Å²) in [6, 6.07) is 8.05. The molecule has 0 radical (unpaired) electrons. The fourth-order valence-electron chi connectivity index (χ4n) is 12.9. The second-order valence-corrected chi connectivity index (χ2v) is 36.0. The van der Waals surface area contributed by atoms with Crippen LogP contribution in [0.2, 0.25) is 0 Å². The molecule has 8 atom stereocenters. The molecule has 4 aromatic rings. The lowest BCUT2D eigenvalue weighted by Crippen LogP contribution is -2.48. The van der Waals surface area contributed by atoms with Gasteiger partial charge in [0.05, 0.1) is 44.5 Å². The molecule has 44 heteroatoms. The Morgan fingerprint density at radius 3 is 2.24 bits per heavy atom. The first-order valence-electron chi connectivity index (χ1n) is 36.7. The number of nitrogen functional groups attached to an aromatic ring is 1. The molecule has 38 nitrogen and oxygen atoms in total. The Balaban J connectivity index is 0.930. The third-order valence-electron chi connectivity index (χ3n) is 18.5. The highest BCUT2D eigenvalue weighted by Crippen LogP contribution is 2.58. The van der Waals surface area contributed by atoms with E-state index in [1.165, 1.54) is 62.8 Å². The monoisotopic (exact) mass is 1740 g/mol. The van der Waals surface area contributed by atoms with Crippen molar-refractivity contribution in [2.75, 3.05) is 74.9 Å². The van der Waals surface area contributed by atoms with Crippen molar-refractivity contribution in [2.24, 2.45) is 11.6 Å². The molecule has 8 unspecified atom stereocenters. The number of anilines is 2. The molecule has 0 spiro atoms. The van der Waals surface area contributed by atoms with Crippen molar-refractivity contribution < 1.29 is 127 Å². The number of nitrogens with zero attached hydrogens (tertiary/aromatic N) is 6. The van der Waals surface area contributed by atoms with E-state index < -0.39 is 108 Å². The van der Waals surface area contributed by atoms with Gasteiger partial charge in [0, 0.05) is 90.8 Å². The average Bonchev–Trinajstić information content (AvgIpc) is 1.61. The van der Waals surface area contributed by atoms with Crippen LogP contribution in [0.1, 0.15) is 142 Å². The van der Waals surface area contributed by atoms with Crippen LogP contribution in [0.4, 0.5) is 17.2 Å². The number of rotatable bonds is 45. The van der Waals surface area contributed by atoms with Crippen LogP contribution in [-0.2, 0) is 97.2 Å². The van der Waals surface area contributed by atoms with E-state index in [9.17, 15) is 69.4 Å². The Labute approximate surface area is 679 Å². The number of aromatic nitrogens is 3. The Morgan fingerprint density at radius 2 is 1.56 bits per heavy atom. The number of phosphoric acid groups is 2. The van der Waals surface area contributed by atoms with Crippen molar-refractivity contribution in [2.45, 2.75) is 183 Å². The van der Waals surface area contributed by atoms with Crippen LogP contribution in [0.3, 0.4) is 0 Å². The quantitative estimate of drug-likeness (QED) is 0.00217. The van der Waals surface area contributed by atoms with Gasteiger partial charge in [-0.2, -0.15) is 25.7 Å². The van der Waals surface area contributed by atoms with Gasteiger partial charge in [-0.15, -0.1) is 4.67 Å². The number of nitrogens with one attached hydrogen (secondary N) is 3. The smallest absolute Gasteiger partial charge is 0.452 e. The summed E-state index contributed by atoms with van der Waals surface area (Å²) in [6.45, 7) is 13.3. The number of hydrogen-bond acceptors (Lipinski definition) is 30. The molecule has 17 N–H and O–H groups in total. The number of ether oxygens (including phenoxy) is 3. The number of unbranched alkanes of at least 4 members (excludes halogenated alkanes) is 4. The van der Waals surface area contributed by atoms with E-state index in [2.05, 4.69) is 77.8 Å². The van der Waals surface area contributed by atoms with E-state index in [1.807, 2.05) is 71.9 Å². The molecule has 7 rings (SSSR count). The van der Waals surface area contributed by atoms with Gasteiger partial charge in [0.1, 0.15) is 74.9 Å². The number of aliphatic hydroxyl groups is 2. The van der Waals surface area contributed by atoms with Crippen molar-refractivity contribution in [3.05, 3.63) is 114 Å². The predicted molar refractivity (Wildman–Crippen MR) is 428 cm³/mol. The Bertz CT molecular complexity index is 4770. The van der Waals surface area contributed by atoms with Crippen LogP contribution in [0.15, 0.2) is 107 Å². The van der Waals surface area contributed by atoms with Crippen molar-refractivity contribution in [1.29, 1.82) is 0 Å². The number of amides is 3. The van der Waals surface area contributed by atoms with Crippen LogP contribution in [0.25, 0.3) is 11.0 Å². The number of fused-ring (bicyclic) bond motifs is 3. The van der Waals surface area contributed by atoms with E-state index in [-0.39, 0.29) is 108 Å². The number of carbonyl (C=O) groups is 4. The van der Waals surface area contributed by atoms with Gasteiger partial charge in [-0.3, -0.25) is 38.4 Å². The lowest BCUT2D eigenvalue weighted by atomic mass is 9.81. The van der Waals surface area contributed by atoms with Gasteiger partial charge < -0.3 is 80.9 Å². The lowest BCUT2D eigenvalue weighted by molar-refractivity contribution is -0.433. The zero-order valence-electron chi connectivity index (χ0n) is 64.8. The number of nitrogens with two attached hydrogens (primary N) is 3. The van der Waals surface area contributed by atoms with Gasteiger partial charge in [0.25, 0.3) is 20.2 Å². The van der Waals surface area contributed by atoms with Crippen LogP contribution >= 0.6 is 37.2 Å². The lowest BCUT2D eigenvalue weighted by Gasteiger charge is -2.30. The molecule has 0 bridgehead atoms. The number of esters is 1. The number of aliphatic hydroxyl groups excluding tert-OH is 2. The third-order valence-corrected chi connectivity index (χ3v) is 24.7. The summed E-state index contributed by atoms with van der Waals surface area (Å²) in [4.78, 5) is 105. The summed E-state index contributed by atoms with van der Waals surface area (Å²) in [6.07, 6.45) is 10.4. The summed E-state index contributed by atoms with van der Waals surface area (Å²) in [5, 5.41) is 39.2. The molecule has 2 aromatic carbocycles. The van der Waals surface area contributed by atoms with Crippen LogP contribution in [0, 0.1) is 23.7 Å². The van der Waals surface area contributed by atoms with E-state index >= 15 is 0 Å². The molecule has 116 heavy (non-hydrogen) atoms. The molecule has 638 valence electrons. The maximum Gasteiger partial charge on any atom is 0.508 e. The van der Waals surface area contributed by atoms with Crippen molar-refractivity contribution >= 4 is 115 Å². The Morgan fingerprint density at radius 1 is 0.862 bits per heavy atom. The van der Waals surface area contributed by atoms with E-state index in [4.69, 9.17) is 51.5 Å². The van der Waals surface area contributed by atoms with Crippen LogP contribution < -0.4 is 38.2 Å². The zero-order valence-corrected chi connectivity index (χ0v) is 69.9. The van der Waals surface area contributed by atoms with Crippen molar-refractivity contribution in [3.8, 4) is 23.7 Å². The molecular formula is C72H101N12O26P2S4+. The van der Waals surface area contributed by atoms with E-state index in [0.29, 0.717) is 75.8 Å². The molecule has 0 aliphatic carbocycles. The molecule has 3 aliphatic heterocycles. The van der Waals surface area contributed by atoms with E-state index in [1.54, 1.807) is 24.0 Å². The molecule has 3 aliphatic rings. The maximum absolute atomic E-state index is 13.9. The number of benzene rings is 2. The van der Waals surface area contributed by atoms with Crippen LogP contribution in [-0.4, -0.2) is 210 Å². The minimum atomic E-state index is -5.48. The Hall–Kier alpha value is -7.69. The minimum Gasteiger partial charge on any atom is -0.452 e. The molecule has 3 amide bonds. The number of allylic oxidation sites excluding steroid dienone is 7. The summed E-state index contributed by atoms with van der Waals surface area (Å²) in [5.41, 5.74) is 16.1. The molecule has 1 saturated heterocycles. The highest BCUT2D eigenvalue weighted by atomic mass is 33.1. The zero-order chi connectivity index (χ0) is 85.3.